The van der Waals surface area contributed by atoms with Crippen molar-refractivity contribution >= 4 is 37.5 Å². The minimum absolute atomic E-state index is 0.437. The summed E-state index contributed by atoms with van der Waals surface area (Å²) in [5, 5.41) is 0. The molecule has 0 bridgehead atoms. The number of unbranched alkanes of at least 4 members (excludes halogenated alkanes) is 3. The van der Waals surface area contributed by atoms with Gasteiger partial charge in [0.1, 0.15) is 0 Å². The second-order valence-electron chi connectivity index (χ2n) is 13.4. The molecule has 3 aromatic rings. The molecule has 0 aliphatic carbocycles. The van der Waals surface area contributed by atoms with Crippen LogP contribution < -0.4 is 0 Å². The zero-order chi connectivity index (χ0) is 36.4. The van der Waals surface area contributed by atoms with Crippen LogP contribution in [0.15, 0.2) is 91.0 Å². The third-order valence-electron chi connectivity index (χ3n) is 9.98. The Hall–Kier alpha value is -3.13. The summed E-state index contributed by atoms with van der Waals surface area (Å²) in [7, 11) is 0. The molecule has 0 N–H and O–H groups in total. The topological polar surface area (TPSA) is 78.9 Å². The summed E-state index contributed by atoms with van der Waals surface area (Å²) in [6.45, 7) is 12.2. The Kier molecular flexibility index (Phi) is 17.6. The summed E-state index contributed by atoms with van der Waals surface area (Å²) in [5.41, 5.74) is 2.23. The van der Waals surface area contributed by atoms with Crippen LogP contribution in [-0.4, -0.2) is 37.5 Å². The first-order valence-corrected chi connectivity index (χ1v) is 24.0. The van der Waals surface area contributed by atoms with Gasteiger partial charge >= 0.3 is 309 Å². The average Bonchev–Trinajstić information content (AvgIpc) is 3.14. The zero-order valence-electron chi connectivity index (χ0n) is 31.3. The molecule has 0 radical (unpaired) electrons. The molecule has 0 saturated heterocycles. The first kappa shape index (κ1) is 41.3. The van der Waals surface area contributed by atoms with Crippen LogP contribution in [0.5, 0.6) is 0 Å². The molecule has 0 aliphatic heterocycles. The number of benzene rings is 3. The first-order valence-electron chi connectivity index (χ1n) is 19.1. The van der Waals surface area contributed by atoms with Gasteiger partial charge in [-0.2, -0.15) is 0 Å². The molecular formula is C43H60O6Sn. The molecule has 0 aromatic heterocycles. The van der Waals surface area contributed by atoms with E-state index in [4.69, 9.17) is 9.22 Å². The molecule has 3 aromatic carbocycles. The van der Waals surface area contributed by atoms with Crippen molar-refractivity contribution in [1.29, 1.82) is 0 Å². The Morgan fingerprint density at radius 1 is 0.480 bits per heavy atom. The quantitative estimate of drug-likeness (QED) is 0.0745. The van der Waals surface area contributed by atoms with E-state index in [-0.39, 0.29) is 0 Å². The number of carbonyl (C=O) groups is 3. The van der Waals surface area contributed by atoms with Gasteiger partial charge < -0.3 is 0 Å². The van der Waals surface area contributed by atoms with Crippen LogP contribution in [0.25, 0.3) is 0 Å². The summed E-state index contributed by atoms with van der Waals surface area (Å²) in [5.74, 6) is -2.71. The van der Waals surface area contributed by atoms with E-state index in [1.54, 1.807) is 0 Å². The van der Waals surface area contributed by atoms with Gasteiger partial charge in [0, 0.05) is 0 Å². The number of hydrogen-bond donors (Lipinski definition) is 0. The molecule has 3 unspecified atom stereocenters. The Labute approximate surface area is 307 Å². The van der Waals surface area contributed by atoms with E-state index in [1.165, 1.54) is 0 Å². The fourth-order valence-corrected chi connectivity index (χ4v) is 16.7. The van der Waals surface area contributed by atoms with E-state index in [9.17, 15) is 14.4 Å². The van der Waals surface area contributed by atoms with Crippen LogP contribution >= 0.6 is 0 Å². The molecule has 0 fully saturated rings. The van der Waals surface area contributed by atoms with Crippen LogP contribution in [0.2, 0.25) is 0 Å². The van der Waals surface area contributed by atoms with Gasteiger partial charge in [0.2, 0.25) is 0 Å². The summed E-state index contributed by atoms with van der Waals surface area (Å²) >= 11 is -6.10. The first-order chi connectivity index (χ1) is 24.3. The van der Waals surface area contributed by atoms with Crippen LogP contribution in [0.4, 0.5) is 0 Å². The molecule has 0 aliphatic rings. The van der Waals surface area contributed by atoms with Gasteiger partial charge in [0.25, 0.3) is 0 Å². The van der Waals surface area contributed by atoms with Crippen LogP contribution in [0.1, 0.15) is 135 Å². The van der Waals surface area contributed by atoms with E-state index in [0.717, 1.165) is 55.2 Å². The molecular weight excluding hydrogens is 731 g/mol. The van der Waals surface area contributed by atoms with E-state index in [1.807, 2.05) is 112 Å². The van der Waals surface area contributed by atoms with Crippen LogP contribution in [-0.2, 0) is 27.0 Å². The average molecular weight is 792 g/mol. The van der Waals surface area contributed by atoms with Crippen molar-refractivity contribution < 1.29 is 23.6 Å². The van der Waals surface area contributed by atoms with E-state index >= 15 is 0 Å². The fourth-order valence-electron chi connectivity index (χ4n) is 6.85. The monoisotopic (exact) mass is 792 g/mol. The van der Waals surface area contributed by atoms with Gasteiger partial charge in [-0.05, 0) is 0 Å². The number of carbonyl (C=O) groups excluding carboxylic acids is 3. The summed E-state index contributed by atoms with van der Waals surface area (Å²) in [4.78, 5) is 44.0. The molecule has 272 valence electrons. The maximum atomic E-state index is 14.7. The standard InChI is InChI=1S/C19H15.3C8H16O2.Sn/c1-4-10-16(11-5-1)19(17-12-6-2-7-13-17)18-14-8-3-9-15-18;3*1-3-5-6-7(4-2)8(9)10;/h1-15H;3*7H,3-6H2,1-2H3,(H,9,10);/q;;;;+3/p-3. The van der Waals surface area contributed by atoms with Gasteiger partial charge in [-0.3, -0.25) is 0 Å². The van der Waals surface area contributed by atoms with E-state index < -0.39 is 58.7 Å². The van der Waals surface area contributed by atoms with Gasteiger partial charge in [-0.25, -0.2) is 0 Å². The van der Waals surface area contributed by atoms with E-state index in [0.29, 0.717) is 38.5 Å². The summed E-state index contributed by atoms with van der Waals surface area (Å²) in [6.07, 6.45) is 8.88. The van der Waals surface area contributed by atoms with Crippen molar-refractivity contribution in [2.24, 2.45) is 17.8 Å². The molecule has 0 amide bonds. The number of rotatable bonds is 22. The Morgan fingerprint density at radius 2 is 0.740 bits per heavy atom. The van der Waals surface area contributed by atoms with Crippen molar-refractivity contribution in [2.75, 3.05) is 0 Å². The minimum atomic E-state index is -6.10. The molecule has 0 heterocycles. The molecule has 7 heteroatoms. The summed E-state index contributed by atoms with van der Waals surface area (Å²) < 4.78 is 19.4. The second kappa shape index (κ2) is 21.3. The number of hydrogen-bond acceptors (Lipinski definition) is 6. The van der Waals surface area contributed by atoms with Crippen LogP contribution in [0, 0.1) is 17.8 Å². The van der Waals surface area contributed by atoms with Crippen LogP contribution in [0.3, 0.4) is 0 Å². The normalized spacial score (nSPS) is 14.5. The zero-order valence-corrected chi connectivity index (χ0v) is 34.2. The predicted molar refractivity (Wildman–Crippen MR) is 203 cm³/mol. The Bertz CT molecular complexity index is 1260. The fraction of sp³-hybridized carbons (Fsp3) is 0.512. The maximum absolute atomic E-state index is 14.7. The molecule has 3 atom stereocenters. The predicted octanol–water partition coefficient (Wildman–Crippen LogP) is 10.8. The van der Waals surface area contributed by atoms with Gasteiger partial charge in [-0.15, -0.1) is 0 Å². The SMILES string of the molecule is CCCCC(CC)C(=O)[O][Sn]([O]C(=O)C(CC)CCCC)([O]C(=O)C(CC)CCCC)[C](c1ccccc1)(c1ccccc1)c1ccccc1. The molecule has 6 nitrogen and oxygen atoms in total. The third kappa shape index (κ3) is 10.0. The van der Waals surface area contributed by atoms with Crippen molar-refractivity contribution in [3.05, 3.63) is 108 Å². The second-order valence-corrected chi connectivity index (χ2v) is 20.5. The molecule has 50 heavy (non-hydrogen) atoms. The van der Waals surface area contributed by atoms with Gasteiger partial charge in [-0.1, -0.05) is 0 Å². The van der Waals surface area contributed by atoms with E-state index in [2.05, 4.69) is 20.8 Å². The third-order valence-corrected chi connectivity index (χ3v) is 19.1. The van der Waals surface area contributed by atoms with Gasteiger partial charge in [0.15, 0.2) is 0 Å². The van der Waals surface area contributed by atoms with Gasteiger partial charge in [0.05, 0.1) is 0 Å². The van der Waals surface area contributed by atoms with Crippen molar-refractivity contribution in [3.8, 4) is 0 Å². The molecule has 3 rings (SSSR count). The molecule has 0 saturated carbocycles. The summed E-state index contributed by atoms with van der Waals surface area (Å²) in [6, 6.07) is 29.2. The van der Waals surface area contributed by atoms with Crippen molar-refractivity contribution in [3.63, 3.8) is 0 Å². The Morgan fingerprint density at radius 3 is 0.960 bits per heavy atom. The molecule has 0 spiro atoms. The van der Waals surface area contributed by atoms with Crippen molar-refractivity contribution in [2.45, 2.75) is 122 Å². The van der Waals surface area contributed by atoms with Crippen molar-refractivity contribution in [1.82, 2.24) is 0 Å². The Balaban J connectivity index is 2.54.